The number of amides is 2. The van der Waals surface area contributed by atoms with E-state index < -0.39 is 39.5 Å². The molecule has 6 rings (SSSR count). The van der Waals surface area contributed by atoms with Gasteiger partial charge in [0.15, 0.2) is 0 Å². The normalized spacial score (nSPS) is 23.1. The lowest BCUT2D eigenvalue weighted by molar-refractivity contribution is -0.133. The van der Waals surface area contributed by atoms with E-state index in [1.54, 1.807) is 4.90 Å². The number of nitrogens with one attached hydrogen (secondary N) is 2. The number of nitrogens with zero attached hydrogens (tertiary/aromatic N) is 4. The Morgan fingerprint density at radius 1 is 1.02 bits per heavy atom. The standard InChI is InChI=1S/C34H38N6O5S/c1-38(2)46(44,45)40-20-28(35-22-40)30-29(32(42)37-31(25-14-8-4-9-15-25)26-16-10-5-11-17-26)27(21-41)18-34(30)33(43)39(23-36-34)19-24-12-6-3-7-13-24/h3-17,20,22,27,29-31,36,41H,18-19,21,23H2,1-2H3,(H,37,42)/t27-,29-,30+,34+/m1/s1. The number of aliphatic hydroxyl groups is 1. The van der Waals surface area contributed by atoms with Crippen LogP contribution in [0.3, 0.4) is 0 Å². The maximum Gasteiger partial charge on any atom is 0.308 e. The van der Waals surface area contributed by atoms with Gasteiger partial charge in [0.1, 0.15) is 11.9 Å². The highest BCUT2D eigenvalue weighted by Gasteiger charge is 2.64. The molecule has 0 unspecified atom stereocenters. The summed E-state index contributed by atoms with van der Waals surface area (Å²) in [4.78, 5) is 35.2. The van der Waals surface area contributed by atoms with Gasteiger partial charge in [0, 0.05) is 39.4 Å². The largest absolute Gasteiger partial charge is 0.396 e. The Morgan fingerprint density at radius 2 is 1.61 bits per heavy atom. The van der Waals surface area contributed by atoms with Gasteiger partial charge in [0.05, 0.1) is 24.3 Å². The number of carbonyl (C=O) groups excluding carboxylic acids is 2. The van der Waals surface area contributed by atoms with E-state index in [0.29, 0.717) is 6.54 Å². The average molecular weight is 643 g/mol. The molecular weight excluding hydrogens is 604 g/mol. The highest BCUT2D eigenvalue weighted by Crippen LogP contribution is 2.52. The zero-order valence-corrected chi connectivity index (χ0v) is 26.5. The molecule has 3 N–H and O–H groups in total. The Kier molecular flexibility index (Phi) is 8.80. The van der Waals surface area contributed by atoms with E-state index in [1.807, 2.05) is 91.0 Å². The van der Waals surface area contributed by atoms with Crippen molar-refractivity contribution >= 4 is 22.0 Å². The predicted molar refractivity (Wildman–Crippen MR) is 172 cm³/mol. The van der Waals surface area contributed by atoms with E-state index in [4.69, 9.17) is 0 Å². The SMILES string of the molecule is CN(C)S(=O)(=O)n1cnc([C@H]2[C@H](C(=O)NC(c3ccccc3)c3ccccc3)[C@@H](CO)C[C@]23NCN(Cc2ccccc2)C3=O)c1. The van der Waals surface area contributed by atoms with E-state index in [9.17, 15) is 23.1 Å². The molecule has 3 aromatic carbocycles. The molecule has 11 nitrogen and oxygen atoms in total. The molecule has 0 radical (unpaired) electrons. The van der Waals surface area contributed by atoms with E-state index in [0.717, 1.165) is 25.0 Å². The third kappa shape index (κ3) is 5.73. The average Bonchev–Trinajstić information content (AvgIpc) is 3.78. The molecule has 1 saturated heterocycles. The molecule has 4 atom stereocenters. The third-order valence-corrected chi connectivity index (χ3v) is 10.8. The monoisotopic (exact) mass is 642 g/mol. The second-order valence-corrected chi connectivity index (χ2v) is 14.2. The number of imidazole rings is 1. The first-order chi connectivity index (χ1) is 22.2. The first-order valence-corrected chi connectivity index (χ1v) is 16.6. The zero-order valence-electron chi connectivity index (χ0n) is 25.7. The summed E-state index contributed by atoms with van der Waals surface area (Å²) in [5.41, 5.74) is 1.68. The van der Waals surface area contributed by atoms with Crippen molar-refractivity contribution in [3.8, 4) is 0 Å². The van der Waals surface area contributed by atoms with Crippen molar-refractivity contribution in [1.82, 2.24) is 28.8 Å². The molecule has 1 saturated carbocycles. The Labute approximate surface area is 269 Å². The predicted octanol–water partition coefficient (Wildman–Crippen LogP) is 2.48. The second kappa shape index (κ2) is 12.8. The highest BCUT2D eigenvalue weighted by molar-refractivity contribution is 7.87. The summed E-state index contributed by atoms with van der Waals surface area (Å²) in [6.45, 7) is 0.238. The van der Waals surface area contributed by atoms with E-state index in [1.165, 1.54) is 26.6 Å². The Hall–Kier alpha value is -4.36. The third-order valence-electron chi connectivity index (χ3n) is 9.17. The Bertz CT molecular complexity index is 1740. The summed E-state index contributed by atoms with van der Waals surface area (Å²) in [5.74, 6) is -2.97. The molecule has 240 valence electrons. The van der Waals surface area contributed by atoms with Crippen LogP contribution in [0.25, 0.3) is 0 Å². The van der Waals surface area contributed by atoms with Gasteiger partial charge in [0.2, 0.25) is 11.8 Å². The second-order valence-electron chi connectivity index (χ2n) is 12.1. The molecule has 2 aliphatic rings. The lowest BCUT2D eigenvalue weighted by atomic mass is 9.79. The van der Waals surface area contributed by atoms with Crippen LogP contribution in [0.1, 0.15) is 40.8 Å². The molecule has 1 aromatic heterocycles. The van der Waals surface area contributed by atoms with Gasteiger partial charge >= 0.3 is 10.2 Å². The molecule has 46 heavy (non-hydrogen) atoms. The molecule has 1 aliphatic heterocycles. The minimum atomic E-state index is -3.91. The van der Waals surface area contributed by atoms with Gasteiger partial charge in [-0.15, -0.1) is 0 Å². The van der Waals surface area contributed by atoms with Crippen LogP contribution in [0.2, 0.25) is 0 Å². The number of hydrogen-bond acceptors (Lipinski definition) is 7. The van der Waals surface area contributed by atoms with Crippen molar-refractivity contribution in [3.63, 3.8) is 0 Å². The van der Waals surface area contributed by atoms with Crippen LogP contribution in [0, 0.1) is 11.8 Å². The summed E-state index contributed by atoms with van der Waals surface area (Å²) >= 11 is 0. The van der Waals surface area contributed by atoms with Crippen LogP contribution < -0.4 is 10.6 Å². The molecule has 1 aliphatic carbocycles. The van der Waals surface area contributed by atoms with E-state index >= 15 is 0 Å². The Morgan fingerprint density at radius 3 is 2.17 bits per heavy atom. The highest BCUT2D eigenvalue weighted by atomic mass is 32.2. The molecule has 2 amide bonds. The van der Waals surface area contributed by atoms with Gasteiger partial charge in [-0.1, -0.05) is 91.0 Å². The number of aliphatic hydroxyl groups excluding tert-OH is 1. The van der Waals surface area contributed by atoms with Crippen molar-refractivity contribution in [1.29, 1.82) is 0 Å². The van der Waals surface area contributed by atoms with Crippen LogP contribution in [-0.4, -0.2) is 76.4 Å². The van der Waals surface area contributed by atoms with Crippen LogP contribution in [0.15, 0.2) is 104 Å². The van der Waals surface area contributed by atoms with Crippen molar-refractivity contribution < 1.29 is 23.1 Å². The van der Waals surface area contributed by atoms with Crippen molar-refractivity contribution in [2.24, 2.45) is 11.8 Å². The van der Waals surface area contributed by atoms with Gasteiger partial charge in [-0.05, 0) is 29.0 Å². The zero-order chi connectivity index (χ0) is 32.5. The van der Waals surface area contributed by atoms with Crippen LogP contribution >= 0.6 is 0 Å². The van der Waals surface area contributed by atoms with E-state index in [2.05, 4.69) is 15.6 Å². The fraction of sp³-hybridized carbons (Fsp3) is 0.324. The first-order valence-electron chi connectivity index (χ1n) is 15.2. The number of rotatable bonds is 10. The van der Waals surface area contributed by atoms with Crippen LogP contribution in [-0.2, 0) is 26.3 Å². The number of carbonyl (C=O) groups is 2. The van der Waals surface area contributed by atoms with Crippen LogP contribution in [0.4, 0.5) is 0 Å². The van der Waals surface area contributed by atoms with Crippen molar-refractivity contribution in [2.75, 3.05) is 27.4 Å². The molecule has 4 aromatic rings. The maximum atomic E-state index is 14.6. The van der Waals surface area contributed by atoms with E-state index in [-0.39, 0.29) is 37.2 Å². The van der Waals surface area contributed by atoms with Gasteiger partial charge < -0.3 is 15.3 Å². The van der Waals surface area contributed by atoms with Crippen molar-refractivity contribution in [3.05, 3.63) is 126 Å². The minimum Gasteiger partial charge on any atom is -0.396 e. The van der Waals surface area contributed by atoms with Gasteiger partial charge in [-0.25, -0.2) is 8.96 Å². The summed E-state index contributed by atoms with van der Waals surface area (Å²) in [7, 11) is -1.08. The summed E-state index contributed by atoms with van der Waals surface area (Å²) in [6.07, 6.45) is 2.74. The molecule has 1 spiro atoms. The van der Waals surface area contributed by atoms with Crippen molar-refractivity contribution in [2.45, 2.75) is 30.5 Å². The number of benzene rings is 3. The smallest absolute Gasteiger partial charge is 0.308 e. The molecule has 2 heterocycles. The summed E-state index contributed by atoms with van der Waals surface area (Å²) in [5, 5.41) is 17.3. The van der Waals surface area contributed by atoms with Gasteiger partial charge in [-0.3, -0.25) is 14.9 Å². The lowest BCUT2D eigenvalue weighted by Crippen LogP contribution is -2.51. The fourth-order valence-electron chi connectivity index (χ4n) is 6.91. The summed E-state index contributed by atoms with van der Waals surface area (Å²) < 4.78 is 28.1. The van der Waals surface area contributed by atoms with Gasteiger partial charge in [0.25, 0.3) is 0 Å². The quantitative estimate of drug-likeness (QED) is 0.242. The number of aromatic nitrogens is 2. The molecular formula is C34H38N6O5S. The Balaban J connectivity index is 1.41. The molecule has 12 heteroatoms. The van der Waals surface area contributed by atoms with Crippen LogP contribution in [0.5, 0.6) is 0 Å². The lowest BCUT2D eigenvalue weighted by Gasteiger charge is -2.32. The fourth-order valence-corrected chi connectivity index (χ4v) is 7.70. The minimum absolute atomic E-state index is 0.172. The molecule has 2 fully saturated rings. The van der Waals surface area contributed by atoms with Gasteiger partial charge in [-0.2, -0.15) is 12.7 Å². The molecule has 0 bridgehead atoms. The topological polar surface area (TPSA) is 137 Å². The maximum absolute atomic E-state index is 14.6. The first kappa shape index (κ1) is 31.6. The number of hydrogen-bond donors (Lipinski definition) is 3. The summed E-state index contributed by atoms with van der Waals surface area (Å²) in [6, 6.07) is 28.3.